The van der Waals surface area contributed by atoms with Gasteiger partial charge in [-0.15, -0.1) is 0 Å². The zero-order valence-electron chi connectivity index (χ0n) is 24.6. The van der Waals surface area contributed by atoms with Gasteiger partial charge in [-0.05, 0) is 49.9 Å². The lowest BCUT2D eigenvalue weighted by molar-refractivity contribution is -0.134. The van der Waals surface area contributed by atoms with Gasteiger partial charge in [0.25, 0.3) is 0 Å². The Kier molecular flexibility index (Phi) is 10.8. The maximum atomic E-state index is 13.8. The molecule has 0 aromatic heterocycles. The number of ether oxygens (including phenoxy) is 3. The standard InChI is InChI=1S/C32H41N3O7/c1-22(33-29(37)20-35-13-15-41-16-14-35)28(36)19-25(17-24-9-11-26(40-3)12-10-24)31(39)34-27(30(38)32(2)21-42-32)18-23-7-5-4-6-8-23/h4-12,22,25,27H,13-21H2,1-3H3,(H,33,37)(H,34,39)/t22?,25-,27+,32-/m1/s1. The van der Waals surface area contributed by atoms with Crippen molar-refractivity contribution < 1.29 is 33.4 Å². The summed E-state index contributed by atoms with van der Waals surface area (Å²) in [6.45, 7) is 6.31. The molecule has 10 nitrogen and oxygen atoms in total. The van der Waals surface area contributed by atoms with E-state index in [0.717, 1.165) is 11.1 Å². The minimum atomic E-state index is -0.923. The second-order valence-corrected chi connectivity index (χ2v) is 11.2. The van der Waals surface area contributed by atoms with Gasteiger partial charge in [0.05, 0.1) is 45.6 Å². The number of carbonyl (C=O) groups excluding carboxylic acids is 4. The number of nitrogens with one attached hydrogen (secondary N) is 2. The van der Waals surface area contributed by atoms with E-state index in [4.69, 9.17) is 14.2 Å². The van der Waals surface area contributed by atoms with E-state index in [1.807, 2.05) is 47.4 Å². The van der Waals surface area contributed by atoms with Crippen LogP contribution in [0, 0.1) is 5.92 Å². The Morgan fingerprint density at radius 1 is 0.952 bits per heavy atom. The molecule has 2 aliphatic rings. The van der Waals surface area contributed by atoms with Gasteiger partial charge in [-0.2, -0.15) is 0 Å². The third-order valence-corrected chi connectivity index (χ3v) is 7.81. The number of rotatable bonds is 15. The van der Waals surface area contributed by atoms with Gasteiger partial charge in [-0.25, -0.2) is 0 Å². The zero-order chi connectivity index (χ0) is 30.1. The van der Waals surface area contributed by atoms with Crippen molar-refractivity contribution in [3.05, 3.63) is 65.7 Å². The van der Waals surface area contributed by atoms with Crippen LogP contribution >= 0.6 is 0 Å². The van der Waals surface area contributed by atoms with E-state index in [9.17, 15) is 19.2 Å². The number of ketones is 2. The second kappa shape index (κ2) is 14.5. The second-order valence-electron chi connectivity index (χ2n) is 11.2. The third kappa shape index (κ3) is 8.95. The molecule has 2 heterocycles. The van der Waals surface area contributed by atoms with Crippen molar-refractivity contribution in [2.75, 3.05) is 46.6 Å². The molecule has 0 radical (unpaired) electrons. The van der Waals surface area contributed by atoms with Crippen LogP contribution in [0.5, 0.6) is 5.75 Å². The van der Waals surface area contributed by atoms with Crippen LogP contribution in [0.25, 0.3) is 0 Å². The number of methoxy groups -OCH3 is 1. The molecule has 42 heavy (non-hydrogen) atoms. The molecule has 1 unspecified atom stereocenters. The van der Waals surface area contributed by atoms with E-state index >= 15 is 0 Å². The predicted molar refractivity (Wildman–Crippen MR) is 156 cm³/mol. The fourth-order valence-electron chi connectivity index (χ4n) is 5.02. The Labute approximate surface area is 247 Å². The lowest BCUT2D eigenvalue weighted by Crippen LogP contribution is -2.50. The van der Waals surface area contributed by atoms with E-state index in [2.05, 4.69) is 10.6 Å². The van der Waals surface area contributed by atoms with E-state index in [0.29, 0.717) is 45.1 Å². The minimum absolute atomic E-state index is 0.100. The highest BCUT2D eigenvalue weighted by Gasteiger charge is 2.50. The van der Waals surface area contributed by atoms with Crippen molar-refractivity contribution in [2.24, 2.45) is 5.92 Å². The van der Waals surface area contributed by atoms with Crippen LogP contribution in [-0.2, 0) is 41.5 Å². The van der Waals surface area contributed by atoms with Crippen LogP contribution in [0.2, 0.25) is 0 Å². The van der Waals surface area contributed by atoms with Crippen LogP contribution in [0.1, 0.15) is 31.4 Å². The summed E-state index contributed by atoms with van der Waals surface area (Å²) in [7, 11) is 1.58. The van der Waals surface area contributed by atoms with Crippen LogP contribution in [0.3, 0.4) is 0 Å². The normalized spacial score (nSPS) is 20.5. The molecular weight excluding hydrogens is 538 g/mol. The lowest BCUT2D eigenvalue weighted by Gasteiger charge is -2.27. The average molecular weight is 580 g/mol. The summed E-state index contributed by atoms with van der Waals surface area (Å²) in [6, 6.07) is 15.2. The number of amides is 2. The first-order valence-electron chi connectivity index (χ1n) is 14.4. The zero-order valence-corrected chi connectivity index (χ0v) is 24.6. The number of hydrogen-bond donors (Lipinski definition) is 2. The van der Waals surface area contributed by atoms with Gasteiger partial charge in [0, 0.05) is 25.4 Å². The summed E-state index contributed by atoms with van der Waals surface area (Å²) in [4.78, 5) is 55.0. The molecule has 4 rings (SSSR count). The molecule has 0 aliphatic carbocycles. The molecule has 0 saturated carbocycles. The summed E-state index contributed by atoms with van der Waals surface area (Å²) >= 11 is 0. The number of hydrogen-bond acceptors (Lipinski definition) is 8. The maximum Gasteiger partial charge on any atom is 0.234 e. The maximum absolute atomic E-state index is 13.8. The number of carbonyl (C=O) groups is 4. The van der Waals surface area contributed by atoms with Crippen molar-refractivity contribution in [1.29, 1.82) is 0 Å². The largest absolute Gasteiger partial charge is 0.497 e. The molecule has 2 aliphatic heterocycles. The van der Waals surface area contributed by atoms with Gasteiger partial charge in [0.15, 0.2) is 11.6 Å². The van der Waals surface area contributed by atoms with Crippen molar-refractivity contribution in [1.82, 2.24) is 15.5 Å². The van der Waals surface area contributed by atoms with E-state index in [1.165, 1.54) is 0 Å². The average Bonchev–Trinajstić information content (AvgIpc) is 3.75. The highest BCUT2D eigenvalue weighted by Crippen LogP contribution is 2.29. The topological polar surface area (TPSA) is 127 Å². The van der Waals surface area contributed by atoms with Crippen LogP contribution in [-0.4, -0.2) is 92.5 Å². The van der Waals surface area contributed by atoms with Gasteiger partial charge in [0.2, 0.25) is 11.8 Å². The van der Waals surface area contributed by atoms with Crippen LogP contribution in [0.15, 0.2) is 54.6 Å². The first kappa shape index (κ1) is 31.3. The molecule has 226 valence electrons. The van der Waals surface area contributed by atoms with E-state index in [-0.39, 0.29) is 36.9 Å². The Morgan fingerprint density at radius 3 is 2.21 bits per heavy atom. The SMILES string of the molecule is COc1ccc(C[C@H](CC(=O)C(C)NC(=O)CN2CCOCC2)C(=O)N[C@@H](Cc2ccccc2)C(=O)[C@@]2(C)CO2)cc1. The number of Topliss-reactive ketones (excluding diaryl/α,β-unsaturated/α-hetero) is 2. The predicted octanol–water partition coefficient (Wildman–Crippen LogP) is 1.74. The van der Waals surface area contributed by atoms with E-state index in [1.54, 1.807) is 33.1 Å². The highest BCUT2D eigenvalue weighted by atomic mass is 16.6. The Hall–Kier alpha value is -3.60. The first-order valence-corrected chi connectivity index (χ1v) is 14.4. The number of morpholine rings is 1. The van der Waals surface area contributed by atoms with Gasteiger partial charge in [0.1, 0.15) is 11.4 Å². The number of nitrogens with zero attached hydrogens (tertiary/aromatic N) is 1. The molecule has 2 aromatic carbocycles. The molecule has 0 bridgehead atoms. The van der Waals surface area contributed by atoms with Crippen LogP contribution in [0.4, 0.5) is 0 Å². The first-order chi connectivity index (χ1) is 20.2. The monoisotopic (exact) mass is 579 g/mol. The minimum Gasteiger partial charge on any atom is -0.497 e. The highest BCUT2D eigenvalue weighted by molar-refractivity contribution is 5.98. The van der Waals surface area contributed by atoms with E-state index < -0.39 is 29.5 Å². The Balaban J connectivity index is 1.46. The summed E-state index contributed by atoms with van der Waals surface area (Å²) in [5.74, 6) is -1.19. The number of benzene rings is 2. The molecule has 2 aromatic rings. The van der Waals surface area contributed by atoms with Crippen molar-refractivity contribution in [2.45, 2.75) is 50.8 Å². The Bertz CT molecular complexity index is 1220. The fourth-order valence-corrected chi connectivity index (χ4v) is 5.02. The van der Waals surface area contributed by atoms with Crippen molar-refractivity contribution in [3.8, 4) is 5.75 Å². The Morgan fingerprint density at radius 2 is 1.60 bits per heavy atom. The number of epoxide rings is 1. The molecule has 4 atom stereocenters. The quantitative estimate of drug-likeness (QED) is 0.306. The summed E-state index contributed by atoms with van der Waals surface area (Å²) in [5, 5.41) is 5.72. The molecule has 0 spiro atoms. The van der Waals surface area contributed by atoms with Crippen molar-refractivity contribution >= 4 is 23.4 Å². The fraction of sp³-hybridized carbons (Fsp3) is 0.500. The van der Waals surface area contributed by atoms with Crippen molar-refractivity contribution in [3.63, 3.8) is 0 Å². The third-order valence-electron chi connectivity index (χ3n) is 7.81. The van der Waals surface area contributed by atoms with Gasteiger partial charge in [-0.1, -0.05) is 42.5 Å². The van der Waals surface area contributed by atoms with Gasteiger partial charge >= 0.3 is 0 Å². The summed E-state index contributed by atoms with van der Waals surface area (Å²) in [6.07, 6.45) is 0.481. The molecule has 2 N–H and O–H groups in total. The summed E-state index contributed by atoms with van der Waals surface area (Å²) < 4.78 is 16.0. The van der Waals surface area contributed by atoms with Gasteiger partial charge < -0.3 is 24.8 Å². The molecule has 10 heteroatoms. The van der Waals surface area contributed by atoms with Gasteiger partial charge in [-0.3, -0.25) is 24.1 Å². The lowest BCUT2D eigenvalue weighted by atomic mass is 9.89. The molecule has 2 amide bonds. The van der Waals surface area contributed by atoms with Crippen LogP contribution < -0.4 is 15.4 Å². The summed E-state index contributed by atoms with van der Waals surface area (Å²) in [5.41, 5.74) is 0.823. The molecular formula is C32H41N3O7. The molecule has 2 saturated heterocycles. The smallest absolute Gasteiger partial charge is 0.234 e. The molecule has 2 fully saturated rings.